The van der Waals surface area contributed by atoms with Gasteiger partial charge in [0.05, 0.1) is 11.9 Å². The van der Waals surface area contributed by atoms with Crippen LogP contribution in [0, 0.1) is 6.92 Å². The summed E-state index contributed by atoms with van der Waals surface area (Å²) in [5.41, 5.74) is 0.000000000000000444. The quantitative estimate of drug-likeness (QED) is 0.622. The van der Waals surface area contributed by atoms with E-state index in [2.05, 4.69) is 5.10 Å². The molecule has 11 heavy (non-hydrogen) atoms. The summed E-state index contributed by atoms with van der Waals surface area (Å²) in [5.74, 6) is 0. The van der Waals surface area contributed by atoms with Gasteiger partial charge in [-0.15, -0.1) is 0 Å². The van der Waals surface area contributed by atoms with Crippen LogP contribution in [0.15, 0.2) is 11.1 Å². The van der Waals surface area contributed by atoms with E-state index in [0.717, 1.165) is 6.20 Å². The van der Waals surface area contributed by atoms with Crippen LogP contribution < -0.4 is 0 Å². The molecule has 6 heteroatoms. The van der Waals surface area contributed by atoms with Gasteiger partial charge in [0.15, 0.2) is 0 Å². The first-order chi connectivity index (χ1) is 6.14. The van der Waals surface area contributed by atoms with Crippen LogP contribution in [0.1, 0.15) is 9.81 Å². The highest BCUT2D eigenvalue weighted by atomic mass is 35.7. The predicted molar refractivity (Wildman–Crippen MR) is 41.0 cm³/mol. The van der Waals surface area contributed by atoms with Crippen molar-refractivity contribution in [2.45, 2.75) is 11.8 Å². The third-order valence-corrected chi connectivity index (χ3v) is 2.65. The standard InChI is InChI=1S/C5H7ClN2O2S/c1-4-5(11(6,9)10)3-7-8(4)2/h3H,1-2H3/i2D3. The summed E-state index contributed by atoms with van der Waals surface area (Å²) in [6, 6.07) is 0. The van der Waals surface area contributed by atoms with Gasteiger partial charge in [0.1, 0.15) is 4.90 Å². The zero-order valence-electron chi connectivity index (χ0n) is 8.57. The Hall–Kier alpha value is -0.550. The summed E-state index contributed by atoms with van der Waals surface area (Å²) >= 11 is 0. The minimum Gasteiger partial charge on any atom is -0.272 e. The lowest BCUT2D eigenvalue weighted by atomic mass is 10.5. The molecule has 0 aliphatic rings. The van der Waals surface area contributed by atoms with E-state index in [-0.39, 0.29) is 10.6 Å². The number of nitrogens with zero attached hydrogens (tertiary/aromatic N) is 2. The molecule has 0 aromatic carbocycles. The molecule has 0 aliphatic heterocycles. The first-order valence-electron chi connectivity index (χ1n) is 4.14. The van der Waals surface area contributed by atoms with Crippen LogP contribution in [-0.4, -0.2) is 18.2 Å². The Bertz CT molecular complexity index is 450. The molecule has 1 heterocycles. The summed E-state index contributed by atoms with van der Waals surface area (Å²) in [6.07, 6.45) is 0.921. The number of rotatable bonds is 1. The van der Waals surface area contributed by atoms with Gasteiger partial charge >= 0.3 is 0 Å². The molecule has 0 N–H and O–H groups in total. The van der Waals surface area contributed by atoms with E-state index in [1.807, 2.05) is 0 Å². The van der Waals surface area contributed by atoms with Gasteiger partial charge in [-0.2, -0.15) is 5.10 Å². The maximum atomic E-state index is 10.9. The molecule has 1 aromatic rings. The van der Waals surface area contributed by atoms with E-state index in [4.69, 9.17) is 14.8 Å². The second-order valence-electron chi connectivity index (χ2n) is 1.94. The van der Waals surface area contributed by atoms with Crippen LogP contribution in [0.3, 0.4) is 0 Å². The van der Waals surface area contributed by atoms with E-state index in [0.29, 0.717) is 4.68 Å². The lowest BCUT2D eigenvalue weighted by Gasteiger charge is -1.93. The Morgan fingerprint density at radius 1 is 1.82 bits per heavy atom. The fourth-order valence-electron chi connectivity index (χ4n) is 0.634. The van der Waals surface area contributed by atoms with Gasteiger partial charge in [0, 0.05) is 21.8 Å². The molecule has 0 amide bonds. The maximum Gasteiger partial charge on any atom is 0.264 e. The number of aryl methyl sites for hydroxylation is 1. The topological polar surface area (TPSA) is 52.0 Å². The van der Waals surface area contributed by atoms with Gasteiger partial charge in [-0.3, -0.25) is 4.68 Å². The first kappa shape index (κ1) is 5.16. The minimum atomic E-state index is -3.93. The van der Waals surface area contributed by atoms with Gasteiger partial charge in [-0.25, -0.2) is 8.42 Å². The van der Waals surface area contributed by atoms with E-state index in [9.17, 15) is 8.42 Å². The molecule has 1 rings (SSSR count). The van der Waals surface area contributed by atoms with E-state index in [1.54, 1.807) is 0 Å². The van der Waals surface area contributed by atoms with Gasteiger partial charge in [-0.1, -0.05) is 0 Å². The lowest BCUT2D eigenvalue weighted by molar-refractivity contribution is 0.608. The molecule has 0 saturated heterocycles. The Kier molecular flexibility index (Phi) is 1.17. The highest BCUT2D eigenvalue weighted by Crippen LogP contribution is 2.17. The number of hydrogen-bond donors (Lipinski definition) is 0. The Morgan fingerprint density at radius 2 is 2.45 bits per heavy atom. The van der Waals surface area contributed by atoms with Crippen molar-refractivity contribution < 1.29 is 12.5 Å². The summed E-state index contributed by atoms with van der Waals surface area (Å²) in [7, 11) is 1.13. The fraction of sp³-hybridized carbons (Fsp3) is 0.400. The Balaban J connectivity index is 3.37. The van der Waals surface area contributed by atoms with Crippen molar-refractivity contribution in [3.05, 3.63) is 11.9 Å². The molecule has 1 aromatic heterocycles. The van der Waals surface area contributed by atoms with Gasteiger partial charge in [-0.05, 0) is 6.92 Å². The average molecular weight is 198 g/mol. The molecule has 0 atom stereocenters. The van der Waals surface area contributed by atoms with Crippen LogP contribution >= 0.6 is 10.7 Å². The van der Waals surface area contributed by atoms with Crippen molar-refractivity contribution >= 4 is 19.7 Å². The zero-order valence-corrected chi connectivity index (χ0v) is 7.15. The van der Waals surface area contributed by atoms with Crippen molar-refractivity contribution in [2.75, 3.05) is 0 Å². The number of halogens is 1. The van der Waals surface area contributed by atoms with Crippen LogP contribution in [0.4, 0.5) is 0 Å². The predicted octanol–water partition coefficient (Wildman–Crippen LogP) is 0.656. The SMILES string of the molecule is [2H]C([2H])([2H])n1ncc(S(=O)(=O)Cl)c1C. The van der Waals surface area contributed by atoms with Crippen molar-refractivity contribution in [1.82, 2.24) is 9.78 Å². The number of hydrogen-bond acceptors (Lipinski definition) is 3. The molecular weight excluding hydrogens is 188 g/mol. The maximum absolute atomic E-state index is 10.9. The van der Waals surface area contributed by atoms with Crippen LogP contribution in [0.5, 0.6) is 0 Å². The Labute approximate surface area is 73.4 Å². The van der Waals surface area contributed by atoms with Gasteiger partial charge < -0.3 is 0 Å². The normalized spacial score (nSPS) is 17.1. The minimum absolute atomic E-state index is 0.000000000000000444. The molecule has 0 radical (unpaired) electrons. The molecule has 0 spiro atoms. The smallest absolute Gasteiger partial charge is 0.264 e. The second-order valence-corrected chi connectivity index (χ2v) is 4.48. The Morgan fingerprint density at radius 3 is 2.73 bits per heavy atom. The fourth-order valence-corrected chi connectivity index (χ4v) is 1.70. The molecule has 4 nitrogen and oxygen atoms in total. The van der Waals surface area contributed by atoms with Crippen LogP contribution in [0.2, 0.25) is 0 Å². The monoisotopic (exact) mass is 197 g/mol. The first-order valence-corrected chi connectivity index (χ1v) is 4.95. The third kappa shape index (κ3) is 1.54. The molecule has 0 unspecified atom stereocenters. The summed E-state index contributed by atoms with van der Waals surface area (Å²) in [6.45, 7) is -1.17. The van der Waals surface area contributed by atoms with Crippen LogP contribution in [-0.2, 0) is 16.0 Å². The zero-order chi connectivity index (χ0) is 11.1. The molecule has 62 valence electrons. The third-order valence-electron chi connectivity index (χ3n) is 1.23. The summed E-state index contributed by atoms with van der Waals surface area (Å²) in [4.78, 5) is -0.282. The van der Waals surface area contributed by atoms with Crippen molar-refractivity contribution in [3.8, 4) is 0 Å². The highest BCUT2D eigenvalue weighted by Gasteiger charge is 2.16. The molecule has 0 bridgehead atoms. The van der Waals surface area contributed by atoms with Crippen molar-refractivity contribution in [3.63, 3.8) is 0 Å². The molecular formula is C5H7ClN2O2S. The summed E-state index contributed by atoms with van der Waals surface area (Å²) < 4.78 is 43.6. The van der Waals surface area contributed by atoms with E-state index < -0.39 is 16.0 Å². The van der Waals surface area contributed by atoms with Gasteiger partial charge in [0.2, 0.25) is 0 Å². The average Bonchev–Trinajstić information content (AvgIpc) is 2.26. The molecule has 0 fully saturated rings. The molecule has 0 aliphatic carbocycles. The second kappa shape index (κ2) is 2.49. The van der Waals surface area contributed by atoms with Crippen molar-refractivity contribution in [1.29, 1.82) is 0 Å². The van der Waals surface area contributed by atoms with Crippen molar-refractivity contribution in [2.24, 2.45) is 6.98 Å². The highest BCUT2D eigenvalue weighted by molar-refractivity contribution is 8.13. The van der Waals surface area contributed by atoms with E-state index >= 15 is 0 Å². The van der Waals surface area contributed by atoms with Gasteiger partial charge in [0.25, 0.3) is 9.05 Å². The van der Waals surface area contributed by atoms with Crippen LogP contribution in [0.25, 0.3) is 0 Å². The largest absolute Gasteiger partial charge is 0.272 e. The lowest BCUT2D eigenvalue weighted by Crippen LogP contribution is -1.96. The number of aromatic nitrogens is 2. The van der Waals surface area contributed by atoms with E-state index in [1.165, 1.54) is 6.92 Å². The summed E-state index contributed by atoms with van der Waals surface area (Å²) in [5, 5.41) is 3.44. The molecule has 0 saturated carbocycles.